The van der Waals surface area contributed by atoms with E-state index in [2.05, 4.69) is 24.5 Å². The van der Waals surface area contributed by atoms with E-state index in [0.29, 0.717) is 19.1 Å². The molecular formula is C16H24N2O2. The van der Waals surface area contributed by atoms with Crippen LogP contribution in [0.5, 0.6) is 0 Å². The highest BCUT2D eigenvalue weighted by molar-refractivity contribution is 5.95. The van der Waals surface area contributed by atoms with Gasteiger partial charge in [0, 0.05) is 30.9 Å². The Morgan fingerprint density at radius 3 is 3.05 bits per heavy atom. The molecule has 2 N–H and O–H groups in total. The number of anilines is 1. The number of carbonyl (C=O) groups is 1. The first kappa shape index (κ1) is 14.9. The summed E-state index contributed by atoms with van der Waals surface area (Å²) in [4.78, 5) is 12.0. The molecule has 0 saturated heterocycles. The van der Waals surface area contributed by atoms with Crippen LogP contribution in [0.3, 0.4) is 0 Å². The van der Waals surface area contributed by atoms with Crippen molar-refractivity contribution in [1.82, 2.24) is 5.32 Å². The zero-order chi connectivity index (χ0) is 14.4. The van der Waals surface area contributed by atoms with Gasteiger partial charge in [0.1, 0.15) is 0 Å². The first-order valence-corrected chi connectivity index (χ1v) is 7.39. The maximum absolute atomic E-state index is 12.0. The van der Waals surface area contributed by atoms with Crippen LogP contribution in [0.1, 0.15) is 36.2 Å². The zero-order valence-electron chi connectivity index (χ0n) is 12.4. The fraction of sp³-hybridized carbons (Fsp3) is 0.562. The van der Waals surface area contributed by atoms with E-state index in [4.69, 9.17) is 4.74 Å². The van der Waals surface area contributed by atoms with Crippen LogP contribution in [0.25, 0.3) is 0 Å². The number of hydrogen-bond donors (Lipinski definition) is 2. The van der Waals surface area contributed by atoms with Gasteiger partial charge in [-0.1, -0.05) is 13.8 Å². The molecule has 1 heterocycles. The highest BCUT2D eigenvalue weighted by Gasteiger charge is 2.12. The first-order valence-electron chi connectivity index (χ1n) is 7.39. The van der Waals surface area contributed by atoms with Crippen LogP contribution >= 0.6 is 0 Å². The maximum Gasteiger partial charge on any atom is 0.251 e. The number of ether oxygens (including phenoxy) is 1. The number of nitrogens with one attached hydrogen (secondary N) is 2. The van der Waals surface area contributed by atoms with Gasteiger partial charge >= 0.3 is 0 Å². The first-order chi connectivity index (χ1) is 9.66. The molecule has 20 heavy (non-hydrogen) atoms. The average molecular weight is 276 g/mol. The maximum atomic E-state index is 12.0. The fourth-order valence-electron chi connectivity index (χ4n) is 2.21. The Labute approximate surface area is 120 Å². The molecule has 0 aliphatic carbocycles. The third-order valence-electron chi connectivity index (χ3n) is 3.45. The largest absolute Gasteiger partial charge is 0.384 e. The second-order valence-corrected chi connectivity index (χ2v) is 5.60. The van der Waals surface area contributed by atoms with Gasteiger partial charge in [-0.3, -0.25) is 4.79 Å². The van der Waals surface area contributed by atoms with Gasteiger partial charge in [0.05, 0.1) is 6.61 Å². The molecule has 1 aromatic rings. The Hall–Kier alpha value is -1.55. The number of fused-ring (bicyclic) bond motifs is 1. The third-order valence-corrected chi connectivity index (χ3v) is 3.45. The van der Waals surface area contributed by atoms with Gasteiger partial charge < -0.3 is 15.4 Å². The smallest absolute Gasteiger partial charge is 0.251 e. The predicted octanol–water partition coefficient (Wildman–Crippen LogP) is 2.45. The summed E-state index contributed by atoms with van der Waals surface area (Å²) in [5.74, 6) is 0.636. The van der Waals surface area contributed by atoms with Crippen LogP contribution in [-0.2, 0) is 11.2 Å². The lowest BCUT2D eigenvalue weighted by Crippen LogP contribution is -2.27. The molecule has 4 heteroatoms. The standard InChI is InChI=1S/C16H24N2O2/c1-12(2)6-9-20-10-8-18-16(19)14-3-4-15-13(11-14)5-7-17-15/h3-4,11-12,17H,5-10H2,1-2H3,(H,18,19). The molecule has 0 spiro atoms. The predicted molar refractivity (Wildman–Crippen MR) is 81.2 cm³/mol. The molecule has 1 aromatic carbocycles. The molecule has 1 amide bonds. The minimum atomic E-state index is -0.0211. The zero-order valence-corrected chi connectivity index (χ0v) is 12.4. The van der Waals surface area contributed by atoms with Crippen molar-refractivity contribution in [3.05, 3.63) is 29.3 Å². The van der Waals surface area contributed by atoms with Crippen molar-refractivity contribution in [1.29, 1.82) is 0 Å². The minimum Gasteiger partial charge on any atom is -0.384 e. The Kier molecular flexibility index (Phi) is 5.41. The Morgan fingerprint density at radius 2 is 2.25 bits per heavy atom. The topological polar surface area (TPSA) is 50.4 Å². The summed E-state index contributed by atoms with van der Waals surface area (Å²) in [6.45, 7) is 7.21. The van der Waals surface area contributed by atoms with Crippen LogP contribution in [-0.4, -0.2) is 32.2 Å². The third kappa shape index (κ3) is 4.23. The van der Waals surface area contributed by atoms with E-state index in [-0.39, 0.29) is 5.91 Å². The Bertz CT molecular complexity index is 458. The van der Waals surface area contributed by atoms with Crippen molar-refractivity contribution in [2.45, 2.75) is 26.7 Å². The second kappa shape index (κ2) is 7.29. The normalized spacial score (nSPS) is 13.2. The summed E-state index contributed by atoms with van der Waals surface area (Å²) in [7, 11) is 0. The highest BCUT2D eigenvalue weighted by Crippen LogP contribution is 2.22. The van der Waals surface area contributed by atoms with Crippen LogP contribution in [0, 0.1) is 5.92 Å². The van der Waals surface area contributed by atoms with Gasteiger partial charge in [0.2, 0.25) is 0 Å². The minimum absolute atomic E-state index is 0.0211. The monoisotopic (exact) mass is 276 g/mol. The summed E-state index contributed by atoms with van der Waals surface area (Å²) in [6, 6.07) is 5.83. The summed E-state index contributed by atoms with van der Waals surface area (Å²) >= 11 is 0. The molecule has 0 unspecified atom stereocenters. The molecule has 0 atom stereocenters. The van der Waals surface area contributed by atoms with E-state index >= 15 is 0 Å². The second-order valence-electron chi connectivity index (χ2n) is 5.60. The van der Waals surface area contributed by atoms with Crippen molar-refractivity contribution >= 4 is 11.6 Å². The summed E-state index contributed by atoms with van der Waals surface area (Å²) in [6.07, 6.45) is 2.06. The molecule has 0 aromatic heterocycles. The summed E-state index contributed by atoms with van der Waals surface area (Å²) in [5, 5.41) is 6.18. The van der Waals surface area contributed by atoms with E-state index in [0.717, 1.165) is 37.2 Å². The quantitative estimate of drug-likeness (QED) is 0.752. The van der Waals surface area contributed by atoms with Crippen molar-refractivity contribution in [2.75, 3.05) is 31.6 Å². The summed E-state index contributed by atoms with van der Waals surface area (Å²) in [5.41, 5.74) is 3.11. The molecule has 0 fully saturated rings. The lowest BCUT2D eigenvalue weighted by Gasteiger charge is -2.08. The van der Waals surface area contributed by atoms with Crippen LogP contribution < -0.4 is 10.6 Å². The summed E-state index contributed by atoms with van der Waals surface area (Å²) < 4.78 is 5.48. The SMILES string of the molecule is CC(C)CCOCCNC(=O)c1ccc2c(c1)CCN2. The van der Waals surface area contributed by atoms with E-state index < -0.39 is 0 Å². The molecule has 1 aliphatic heterocycles. The van der Waals surface area contributed by atoms with Crippen molar-refractivity contribution in [3.8, 4) is 0 Å². The van der Waals surface area contributed by atoms with Gasteiger partial charge in [-0.05, 0) is 42.5 Å². The van der Waals surface area contributed by atoms with Crippen LogP contribution in [0.4, 0.5) is 5.69 Å². The van der Waals surface area contributed by atoms with E-state index in [1.807, 2.05) is 18.2 Å². The highest BCUT2D eigenvalue weighted by atomic mass is 16.5. The van der Waals surface area contributed by atoms with Gasteiger partial charge in [-0.15, -0.1) is 0 Å². The van der Waals surface area contributed by atoms with E-state index in [1.54, 1.807) is 0 Å². The van der Waals surface area contributed by atoms with Gasteiger partial charge in [0.15, 0.2) is 0 Å². The molecule has 1 aliphatic rings. The van der Waals surface area contributed by atoms with Crippen molar-refractivity contribution in [3.63, 3.8) is 0 Å². The van der Waals surface area contributed by atoms with E-state index in [9.17, 15) is 4.79 Å². The number of hydrogen-bond acceptors (Lipinski definition) is 3. The van der Waals surface area contributed by atoms with Gasteiger partial charge in [-0.2, -0.15) is 0 Å². The molecular weight excluding hydrogens is 252 g/mol. The van der Waals surface area contributed by atoms with Crippen LogP contribution in [0.15, 0.2) is 18.2 Å². The van der Waals surface area contributed by atoms with Crippen molar-refractivity contribution < 1.29 is 9.53 Å². The lowest BCUT2D eigenvalue weighted by atomic mass is 10.1. The molecule has 110 valence electrons. The molecule has 0 saturated carbocycles. The van der Waals surface area contributed by atoms with Gasteiger partial charge in [-0.25, -0.2) is 0 Å². The molecule has 0 radical (unpaired) electrons. The average Bonchev–Trinajstić information content (AvgIpc) is 2.89. The van der Waals surface area contributed by atoms with Crippen LogP contribution in [0.2, 0.25) is 0 Å². The number of rotatable bonds is 7. The van der Waals surface area contributed by atoms with Crippen molar-refractivity contribution in [2.24, 2.45) is 5.92 Å². The molecule has 0 bridgehead atoms. The lowest BCUT2D eigenvalue weighted by molar-refractivity contribution is 0.0906. The number of amides is 1. The van der Waals surface area contributed by atoms with Gasteiger partial charge in [0.25, 0.3) is 5.91 Å². The number of benzene rings is 1. The number of carbonyl (C=O) groups excluding carboxylic acids is 1. The van der Waals surface area contributed by atoms with E-state index in [1.165, 1.54) is 5.56 Å². The molecule has 2 rings (SSSR count). The molecule has 4 nitrogen and oxygen atoms in total. The fourth-order valence-corrected chi connectivity index (χ4v) is 2.21. The Morgan fingerprint density at radius 1 is 1.40 bits per heavy atom. The Balaban J connectivity index is 1.70.